The van der Waals surface area contributed by atoms with Gasteiger partial charge in [-0.1, -0.05) is 11.6 Å². The fourth-order valence-electron chi connectivity index (χ4n) is 1.84. The van der Waals surface area contributed by atoms with E-state index in [1.54, 1.807) is 30.2 Å². The smallest absolute Gasteiger partial charge is 0.242 e. The molecule has 0 saturated heterocycles. The van der Waals surface area contributed by atoms with Crippen LogP contribution in [0.4, 0.5) is 5.69 Å². The summed E-state index contributed by atoms with van der Waals surface area (Å²) < 4.78 is 28.8. The molecule has 1 heterocycles. The molecule has 2 aromatic rings. The number of nitrogens with one attached hydrogen (secondary N) is 1. The van der Waals surface area contributed by atoms with Crippen LogP contribution in [0.5, 0.6) is 0 Å². The Hall–Kier alpha value is -1.57. The van der Waals surface area contributed by atoms with E-state index in [1.807, 2.05) is 0 Å². The summed E-state index contributed by atoms with van der Waals surface area (Å²) in [5.41, 5.74) is 5.83. The largest absolute Gasteiger partial charge is 0.398 e. The first-order chi connectivity index (χ1) is 9.38. The van der Waals surface area contributed by atoms with E-state index in [0.717, 1.165) is 0 Å². The molecule has 8 heteroatoms. The average molecular weight is 315 g/mol. The molecule has 1 aromatic carbocycles. The Kier molecular flexibility index (Phi) is 4.32. The minimum Gasteiger partial charge on any atom is -0.398 e. The van der Waals surface area contributed by atoms with Crippen molar-refractivity contribution in [3.05, 3.63) is 41.9 Å². The number of benzene rings is 1. The Labute approximate surface area is 122 Å². The van der Waals surface area contributed by atoms with Gasteiger partial charge < -0.3 is 10.3 Å². The van der Waals surface area contributed by atoms with Gasteiger partial charge in [-0.3, -0.25) is 0 Å². The van der Waals surface area contributed by atoms with E-state index in [4.69, 9.17) is 17.3 Å². The fraction of sp³-hybridized carbons (Fsp3) is 0.250. The van der Waals surface area contributed by atoms with Gasteiger partial charge in [0.25, 0.3) is 0 Å². The highest BCUT2D eigenvalue weighted by molar-refractivity contribution is 7.89. The molecule has 0 fully saturated rings. The first kappa shape index (κ1) is 14.8. The van der Waals surface area contributed by atoms with E-state index in [0.29, 0.717) is 11.6 Å². The van der Waals surface area contributed by atoms with E-state index >= 15 is 0 Å². The van der Waals surface area contributed by atoms with Crippen molar-refractivity contribution in [3.63, 3.8) is 0 Å². The maximum Gasteiger partial charge on any atom is 0.242 e. The zero-order chi connectivity index (χ0) is 14.8. The third-order valence-corrected chi connectivity index (χ3v) is 4.56. The SMILES string of the molecule is CC(Cn1ccnc1)NS(=O)(=O)c1ccc(Cl)cc1N. The Balaban J connectivity index is 2.14. The van der Waals surface area contributed by atoms with E-state index in [1.165, 1.54) is 18.2 Å². The van der Waals surface area contributed by atoms with Gasteiger partial charge >= 0.3 is 0 Å². The van der Waals surface area contributed by atoms with Crippen LogP contribution in [0.2, 0.25) is 5.02 Å². The second-order valence-corrected chi connectivity index (χ2v) is 6.58. The molecule has 0 aliphatic heterocycles. The molecule has 0 saturated carbocycles. The lowest BCUT2D eigenvalue weighted by Crippen LogP contribution is -2.35. The summed E-state index contributed by atoms with van der Waals surface area (Å²) in [5.74, 6) is 0. The number of nitrogen functional groups attached to an aromatic ring is 1. The lowest BCUT2D eigenvalue weighted by atomic mass is 10.3. The molecule has 0 radical (unpaired) electrons. The van der Waals surface area contributed by atoms with Gasteiger partial charge in [0.2, 0.25) is 10.0 Å². The third kappa shape index (κ3) is 3.50. The minimum atomic E-state index is -3.68. The van der Waals surface area contributed by atoms with Gasteiger partial charge in [-0.2, -0.15) is 0 Å². The molecule has 0 aliphatic rings. The van der Waals surface area contributed by atoms with Gasteiger partial charge in [0.15, 0.2) is 0 Å². The van der Waals surface area contributed by atoms with Gasteiger partial charge in [0.05, 0.1) is 12.0 Å². The standard InChI is InChI=1S/C12H15ClN4O2S/c1-9(7-17-5-4-15-8-17)16-20(18,19)12-3-2-10(13)6-11(12)14/h2-6,8-9,16H,7,14H2,1H3. The van der Waals surface area contributed by atoms with Crippen molar-refractivity contribution in [2.45, 2.75) is 24.4 Å². The Morgan fingerprint density at radius 2 is 2.25 bits per heavy atom. The normalized spacial score (nSPS) is 13.3. The van der Waals surface area contributed by atoms with Crippen molar-refractivity contribution in [1.29, 1.82) is 0 Å². The zero-order valence-electron chi connectivity index (χ0n) is 10.8. The highest BCUT2D eigenvalue weighted by Gasteiger charge is 2.20. The number of nitrogens with zero attached hydrogens (tertiary/aromatic N) is 2. The van der Waals surface area contributed by atoms with Crippen molar-refractivity contribution in [1.82, 2.24) is 14.3 Å². The number of anilines is 1. The van der Waals surface area contributed by atoms with Gasteiger partial charge in [0.1, 0.15) is 4.90 Å². The molecular formula is C12H15ClN4O2S. The van der Waals surface area contributed by atoms with Crippen molar-refractivity contribution in [2.75, 3.05) is 5.73 Å². The Morgan fingerprint density at radius 1 is 1.50 bits per heavy atom. The number of sulfonamides is 1. The Bertz CT molecular complexity index is 685. The van der Waals surface area contributed by atoms with E-state index in [9.17, 15) is 8.42 Å². The first-order valence-corrected chi connectivity index (χ1v) is 7.78. The van der Waals surface area contributed by atoms with Crippen LogP contribution in [0.1, 0.15) is 6.92 Å². The summed E-state index contributed by atoms with van der Waals surface area (Å²) in [4.78, 5) is 3.93. The van der Waals surface area contributed by atoms with Crippen molar-refractivity contribution in [3.8, 4) is 0 Å². The molecule has 20 heavy (non-hydrogen) atoms. The lowest BCUT2D eigenvalue weighted by molar-refractivity contribution is 0.520. The maximum atomic E-state index is 12.2. The molecule has 0 spiro atoms. The monoisotopic (exact) mass is 314 g/mol. The van der Waals surface area contributed by atoms with Crippen LogP contribution in [-0.2, 0) is 16.6 Å². The summed E-state index contributed by atoms with van der Waals surface area (Å²) in [7, 11) is -3.68. The molecule has 1 aromatic heterocycles. The van der Waals surface area contributed by atoms with Gasteiger partial charge in [-0.15, -0.1) is 0 Å². The van der Waals surface area contributed by atoms with Crippen LogP contribution in [0.15, 0.2) is 41.8 Å². The number of hydrogen-bond donors (Lipinski definition) is 2. The molecule has 1 atom stereocenters. The number of nitrogens with two attached hydrogens (primary N) is 1. The number of aromatic nitrogens is 2. The topological polar surface area (TPSA) is 90.0 Å². The quantitative estimate of drug-likeness (QED) is 0.818. The molecule has 3 N–H and O–H groups in total. The van der Waals surface area contributed by atoms with E-state index in [2.05, 4.69) is 9.71 Å². The highest BCUT2D eigenvalue weighted by Crippen LogP contribution is 2.22. The number of rotatable bonds is 5. The summed E-state index contributed by atoms with van der Waals surface area (Å²) in [5, 5.41) is 0.396. The molecule has 1 unspecified atom stereocenters. The van der Waals surface area contributed by atoms with Crippen molar-refractivity contribution >= 4 is 27.3 Å². The van der Waals surface area contributed by atoms with Gasteiger partial charge in [-0.25, -0.2) is 18.1 Å². The van der Waals surface area contributed by atoms with Crippen LogP contribution in [0.3, 0.4) is 0 Å². The summed E-state index contributed by atoms with van der Waals surface area (Å²) >= 11 is 5.76. The number of hydrogen-bond acceptors (Lipinski definition) is 4. The second kappa shape index (κ2) is 5.82. The van der Waals surface area contributed by atoms with Crippen molar-refractivity contribution in [2.24, 2.45) is 0 Å². The molecule has 2 rings (SSSR count). The van der Waals surface area contributed by atoms with Gasteiger partial charge in [0, 0.05) is 30.0 Å². The maximum absolute atomic E-state index is 12.2. The average Bonchev–Trinajstić information content (AvgIpc) is 2.79. The molecule has 0 amide bonds. The number of halogens is 1. The summed E-state index contributed by atoms with van der Waals surface area (Å²) in [6, 6.07) is 4.00. The van der Waals surface area contributed by atoms with E-state index < -0.39 is 10.0 Å². The Morgan fingerprint density at radius 3 is 2.85 bits per heavy atom. The van der Waals surface area contributed by atoms with Crippen molar-refractivity contribution < 1.29 is 8.42 Å². The molecule has 6 nitrogen and oxygen atoms in total. The summed E-state index contributed by atoms with van der Waals surface area (Å²) in [6.07, 6.45) is 5.03. The molecular weight excluding hydrogens is 300 g/mol. The van der Waals surface area contributed by atoms with Crippen LogP contribution >= 0.6 is 11.6 Å². The highest BCUT2D eigenvalue weighted by atomic mass is 35.5. The summed E-state index contributed by atoms with van der Waals surface area (Å²) in [6.45, 7) is 2.25. The van der Waals surface area contributed by atoms with Gasteiger partial charge in [-0.05, 0) is 25.1 Å². The fourth-order valence-corrected chi connectivity index (χ4v) is 3.37. The molecule has 0 bridgehead atoms. The third-order valence-electron chi connectivity index (χ3n) is 2.66. The first-order valence-electron chi connectivity index (χ1n) is 5.91. The zero-order valence-corrected chi connectivity index (χ0v) is 12.4. The van der Waals surface area contributed by atoms with E-state index in [-0.39, 0.29) is 16.6 Å². The number of imidazole rings is 1. The second-order valence-electron chi connectivity index (χ2n) is 4.46. The molecule has 108 valence electrons. The van der Waals surface area contributed by atoms with Crippen LogP contribution < -0.4 is 10.5 Å². The van der Waals surface area contributed by atoms with Crippen LogP contribution in [0, 0.1) is 0 Å². The van der Waals surface area contributed by atoms with Crippen LogP contribution in [-0.4, -0.2) is 24.0 Å². The van der Waals surface area contributed by atoms with Crippen LogP contribution in [0.25, 0.3) is 0 Å². The minimum absolute atomic E-state index is 0.0272. The predicted molar refractivity (Wildman–Crippen MR) is 77.9 cm³/mol. The lowest BCUT2D eigenvalue weighted by Gasteiger charge is -2.15. The predicted octanol–water partition coefficient (Wildman–Crippen LogP) is 1.49. The molecule has 0 aliphatic carbocycles.